The summed E-state index contributed by atoms with van der Waals surface area (Å²) in [4.78, 5) is 0. The summed E-state index contributed by atoms with van der Waals surface area (Å²) >= 11 is 12.0. The summed E-state index contributed by atoms with van der Waals surface area (Å²) in [5, 5.41) is 4.69. The molecule has 2 aromatic rings. The SMILES string of the molecule is Clc1ccc(C2NCc3ccccc32)cc1Cl. The van der Waals surface area contributed by atoms with Gasteiger partial charge in [0.25, 0.3) is 0 Å². The fraction of sp³-hybridized carbons (Fsp3) is 0.143. The van der Waals surface area contributed by atoms with E-state index in [-0.39, 0.29) is 6.04 Å². The molecule has 0 fully saturated rings. The smallest absolute Gasteiger partial charge is 0.0595 e. The van der Waals surface area contributed by atoms with Crippen molar-refractivity contribution < 1.29 is 0 Å². The van der Waals surface area contributed by atoms with Crippen molar-refractivity contribution in [3.05, 3.63) is 69.2 Å². The van der Waals surface area contributed by atoms with Crippen molar-refractivity contribution in [1.82, 2.24) is 5.32 Å². The molecule has 0 amide bonds. The van der Waals surface area contributed by atoms with E-state index in [9.17, 15) is 0 Å². The molecule has 1 aliphatic rings. The van der Waals surface area contributed by atoms with Gasteiger partial charge in [-0.3, -0.25) is 0 Å². The van der Waals surface area contributed by atoms with Crippen LogP contribution in [-0.2, 0) is 6.54 Å². The summed E-state index contributed by atoms with van der Waals surface area (Å²) in [6.45, 7) is 0.904. The van der Waals surface area contributed by atoms with Crippen LogP contribution >= 0.6 is 23.2 Å². The van der Waals surface area contributed by atoms with Crippen molar-refractivity contribution in [1.29, 1.82) is 0 Å². The van der Waals surface area contributed by atoms with Crippen molar-refractivity contribution in [3.63, 3.8) is 0 Å². The topological polar surface area (TPSA) is 12.0 Å². The molecule has 1 N–H and O–H groups in total. The molecular formula is C14H11Cl2N. The molecule has 0 radical (unpaired) electrons. The van der Waals surface area contributed by atoms with Crippen LogP contribution in [0.1, 0.15) is 22.7 Å². The van der Waals surface area contributed by atoms with Crippen molar-refractivity contribution in [2.45, 2.75) is 12.6 Å². The van der Waals surface area contributed by atoms with Gasteiger partial charge in [0.1, 0.15) is 0 Å². The van der Waals surface area contributed by atoms with E-state index in [1.54, 1.807) is 0 Å². The van der Waals surface area contributed by atoms with Gasteiger partial charge in [0.2, 0.25) is 0 Å². The number of hydrogen-bond donors (Lipinski definition) is 1. The Morgan fingerprint density at radius 1 is 1.00 bits per heavy atom. The summed E-state index contributed by atoms with van der Waals surface area (Å²) < 4.78 is 0. The third-order valence-corrected chi connectivity index (χ3v) is 3.88. The predicted molar refractivity (Wildman–Crippen MR) is 71.6 cm³/mol. The third-order valence-electron chi connectivity index (χ3n) is 3.14. The highest BCUT2D eigenvalue weighted by atomic mass is 35.5. The van der Waals surface area contributed by atoms with Crippen LogP contribution in [0, 0.1) is 0 Å². The summed E-state index contributed by atoms with van der Waals surface area (Å²) in [6, 6.07) is 14.5. The Bertz CT molecular complexity index is 566. The minimum atomic E-state index is 0.223. The summed E-state index contributed by atoms with van der Waals surface area (Å²) in [6.07, 6.45) is 0. The molecule has 3 rings (SSSR count). The van der Waals surface area contributed by atoms with E-state index in [2.05, 4.69) is 29.6 Å². The lowest BCUT2D eigenvalue weighted by Crippen LogP contribution is -2.13. The molecule has 1 aliphatic heterocycles. The first-order valence-corrected chi connectivity index (χ1v) is 6.27. The molecule has 0 aromatic heterocycles. The van der Waals surface area contributed by atoms with E-state index >= 15 is 0 Å². The summed E-state index contributed by atoms with van der Waals surface area (Å²) in [5.74, 6) is 0. The lowest BCUT2D eigenvalue weighted by Gasteiger charge is -2.13. The third kappa shape index (κ3) is 1.95. The fourth-order valence-corrected chi connectivity index (χ4v) is 2.59. The van der Waals surface area contributed by atoms with Crippen LogP contribution in [0.15, 0.2) is 42.5 Å². The van der Waals surface area contributed by atoms with Crippen LogP contribution in [0.2, 0.25) is 10.0 Å². The van der Waals surface area contributed by atoms with Crippen LogP contribution in [0.3, 0.4) is 0 Å². The quantitative estimate of drug-likeness (QED) is 0.814. The number of nitrogens with one attached hydrogen (secondary N) is 1. The lowest BCUT2D eigenvalue weighted by molar-refractivity contribution is 0.667. The Kier molecular flexibility index (Phi) is 2.83. The fourth-order valence-electron chi connectivity index (χ4n) is 2.29. The van der Waals surface area contributed by atoms with Gasteiger partial charge < -0.3 is 5.32 Å². The maximum absolute atomic E-state index is 6.06. The summed E-state index contributed by atoms with van der Waals surface area (Å²) in [5.41, 5.74) is 3.83. The molecule has 86 valence electrons. The van der Waals surface area contributed by atoms with E-state index in [0.717, 1.165) is 12.1 Å². The minimum absolute atomic E-state index is 0.223. The van der Waals surface area contributed by atoms with Gasteiger partial charge in [-0.1, -0.05) is 53.5 Å². The first-order valence-electron chi connectivity index (χ1n) is 5.52. The number of fused-ring (bicyclic) bond motifs is 1. The van der Waals surface area contributed by atoms with Gasteiger partial charge in [0.15, 0.2) is 0 Å². The van der Waals surface area contributed by atoms with Gasteiger partial charge in [0.05, 0.1) is 16.1 Å². The number of rotatable bonds is 1. The number of halogens is 2. The molecule has 1 nitrogen and oxygen atoms in total. The van der Waals surface area contributed by atoms with Crippen molar-refractivity contribution in [2.24, 2.45) is 0 Å². The highest BCUT2D eigenvalue weighted by Gasteiger charge is 2.22. The average Bonchev–Trinajstić information content (AvgIpc) is 2.76. The van der Waals surface area contributed by atoms with Crippen molar-refractivity contribution in [2.75, 3.05) is 0 Å². The first kappa shape index (κ1) is 11.1. The van der Waals surface area contributed by atoms with Gasteiger partial charge in [0, 0.05) is 6.54 Å². The zero-order valence-electron chi connectivity index (χ0n) is 9.08. The standard InChI is InChI=1S/C14H11Cl2N/c15-12-6-5-9(7-13(12)16)14-11-4-2-1-3-10(11)8-17-14/h1-7,14,17H,8H2. The second-order valence-corrected chi connectivity index (χ2v) is 5.00. The monoisotopic (exact) mass is 263 g/mol. The maximum atomic E-state index is 6.06. The molecule has 0 spiro atoms. The zero-order valence-corrected chi connectivity index (χ0v) is 10.6. The molecule has 1 unspecified atom stereocenters. The van der Waals surface area contributed by atoms with Crippen LogP contribution in [0.4, 0.5) is 0 Å². The van der Waals surface area contributed by atoms with Gasteiger partial charge in [-0.25, -0.2) is 0 Å². The van der Waals surface area contributed by atoms with Crippen LogP contribution in [0.25, 0.3) is 0 Å². The molecular weight excluding hydrogens is 253 g/mol. The van der Waals surface area contributed by atoms with E-state index in [1.807, 2.05) is 18.2 Å². The summed E-state index contributed by atoms with van der Waals surface area (Å²) in [7, 11) is 0. The maximum Gasteiger partial charge on any atom is 0.0595 e. The Hall–Kier alpha value is -1.02. The molecule has 0 aliphatic carbocycles. The van der Waals surface area contributed by atoms with Crippen LogP contribution in [-0.4, -0.2) is 0 Å². The van der Waals surface area contributed by atoms with Crippen LogP contribution in [0.5, 0.6) is 0 Å². The highest BCUT2D eigenvalue weighted by molar-refractivity contribution is 6.42. The number of hydrogen-bond acceptors (Lipinski definition) is 1. The van der Waals surface area contributed by atoms with E-state index in [1.165, 1.54) is 11.1 Å². The van der Waals surface area contributed by atoms with Gasteiger partial charge in [-0.15, -0.1) is 0 Å². The van der Waals surface area contributed by atoms with Crippen LogP contribution < -0.4 is 5.32 Å². The highest BCUT2D eigenvalue weighted by Crippen LogP contribution is 2.33. The predicted octanol–water partition coefficient (Wildman–Crippen LogP) is 4.19. The molecule has 1 heterocycles. The minimum Gasteiger partial charge on any atom is -0.302 e. The number of benzene rings is 2. The molecule has 0 saturated carbocycles. The Labute approximate surface area is 110 Å². The molecule has 0 saturated heterocycles. The largest absolute Gasteiger partial charge is 0.302 e. The van der Waals surface area contributed by atoms with Crippen molar-refractivity contribution >= 4 is 23.2 Å². The molecule has 1 atom stereocenters. The van der Waals surface area contributed by atoms with Crippen molar-refractivity contribution in [3.8, 4) is 0 Å². The molecule has 17 heavy (non-hydrogen) atoms. The second-order valence-electron chi connectivity index (χ2n) is 4.19. The zero-order chi connectivity index (χ0) is 11.8. The van der Waals surface area contributed by atoms with E-state index in [4.69, 9.17) is 23.2 Å². The first-order chi connectivity index (χ1) is 8.25. The van der Waals surface area contributed by atoms with Gasteiger partial charge in [-0.2, -0.15) is 0 Å². The molecule has 2 aromatic carbocycles. The Balaban J connectivity index is 2.04. The Morgan fingerprint density at radius 3 is 2.65 bits per heavy atom. The van der Waals surface area contributed by atoms with E-state index < -0.39 is 0 Å². The Morgan fingerprint density at radius 2 is 1.82 bits per heavy atom. The molecule has 0 bridgehead atoms. The molecule has 3 heteroatoms. The van der Waals surface area contributed by atoms with E-state index in [0.29, 0.717) is 10.0 Å². The van der Waals surface area contributed by atoms with Gasteiger partial charge >= 0.3 is 0 Å². The second kappa shape index (κ2) is 4.34. The lowest BCUT2D eigenvalue weighted by atomic mass is 9.99. The average molecular weight is 264 g/mol. The normalized spacial score (nSPS) is 18.1. The van der Waals surface area contributed by atoms with Gasteiger partial charge in [-0.05, 0) is 28.8 Å².